The van der Waals surface area contributed by atoms with E-state index in [4.69, 9.17) is 9.47 Å². The van der Waals surface area contributed by atoms with Crippen LogP contribution in [0.3, 0.4) is 0 Å². The van der Waals surface area contributed by atoms with Crippen molar-refractivity contribution < 1.29 is 19.1 Å². The third-order valence-electron chi connectivity index (χ3n) is 6.76. The van der Waals surface area contributed by atoms with Gasteiger partial charge in [0.25, 0.3) is 5.91 Å². The zero-order valence-electron chi connectivity index (χ0n) is 19.2. The first-order valence-corrected chi connectivity index (χ1v) is 11.4. The molecule has 0 aromatic heterocycles. The topological polar surface area (TPSA) is 59.1 Å². The number of nitrogens with zero attached hydrogens (tertiary/aromatic N) is 2. The van der Waals surface area contributed by atoms with Crippen LogP contribution in [0.15, 0.2) is 36.4 Å². The largest absolute Gasteiger partial charge is 0.497 e. The van der Waals surface area contributed by atoms with Gasteiger partial charge in [-0.05, 0) is 79.5 Å². The van der Waals surface area contributed by atoms with Gasteiger partial charge in [-0.15, -0.1) is 0 Å². The molecule has 0 spiro atoms. The number of benzene rings is 2. The number of anilines is 1. The van der Waals surface area contributed by atoms with Gasteiger partial charge in [0.05, 0.1) is 14.2 Å². The first-order chi connectivity index (χ1) is 15.5. The van der Waals surface area contributed by atoms with Crippen LogP contribution < -0.4 is 14.4 Å². The zero-order chi connectivity index (χ0) is 22.7. The summed E-state index contributed by atoms with van der Waals surface area (Å²) >= 11 is 0. The molecule has 2 amide bonds. The Bertz CT molecular complexity index is 973. The van der Waals surface area contributed by atoms with E-state index in [1.54, 1.807) is 26.0 Å². The summed E-state index contributed by atoms with van der Waals surface area (Å²) in [5.74, 6) is 2.41. The lowest BCUT2D eigenvalue weighted by atomic mass is 9.90. The van der Waals surface area contributed by atoms with Crippen LogP contribution in [-0.2, 0) is 17.6 Å². The number of hydrogen-bond donors (Lipinski definition) is 0. The first-order valence-electron chi connectivity index (χ1n) is 11.4. The van der Waals surface area contributed by atoms with Crippen molar-refractivity contribution in [2.45, 2.75) is 39.0 Å². The van der Waals surface area contributed by atoms with Crippen LogP contribution in [0, 0.1) is 5.92 Å². The summed E-state index contributed by atoms with van der Waals surface area (Å²) < 4.78 is 10.7. The lowest BCUT2D eigenvalue weighted by molar-refractivity contribution is -0.116. The number of amides is 2. The maximum absolute atomic E-state index is 13.1. The molecule has 0 aliphatic carbocycles. The van der Waals surface area contributed by atoms with E-state index < -0.39 is 0 Å². The summed E-state index contributed by atoms with van der Waals surface area (Å²) in [4.78, 5) is 28.6. The smallest absolute Gasteiger partial charge is 0.253 e. The van der Waals surface area contributed by atoms with E-state index in [0.29, 0.717) is 12.5 Å². The van der Waals surface area contributed by atoms with Crippen molar-refractivity contribution in [2.24, 2.45) is 5.92 Å². The van der Waals surface area contributed by atoms with Crippen LogP contribution in [0.5, 0.6) is 11.5 Å². The van der Waals surface area contributed by atoms with E-state index >= 15 is 0 Å². The Labute approximate surface area is 190 Å². The van der Waals surface area contributed by atoms with Gasteiger partial charge in [-0.25, -0.2) is 0 Å². The minimum absolute atomic E-state index is 0.0530. The fraction of sp³-hybridized carbons (Fsp3) is 0.462. The van der Waals surface area contributed by atoms with Crippen molar-refractivity contribution in [3.63, 3.8) is 0 Å². The molecule has 1 fully saturated rings. The highest BCUT2D eigenvalue weighted by Gasteiger charge is 2.26. The molecule has 6 nitrogen and oxygen atoms in total. The molecule has 2 aliphatic heterocycles. The number of methoxy groups -OCH3 is 2. The van der Waals surface area contributed by atoms with Gasteiger partial charge in [0.2, 0.25) is 5.91 Å². The monoisotopic (exact) mass is 436 g/mol. The lowest BCUT2D eigenvalue weighted by Gasteiger charge is -2.32. The highest BCUT2D eigenvalue weighted by Crippen LogP contribution is 2.31. The van der Waals surface area contributed by atoms with E-state index in [9.17, 15) is 9.59 Å². The van der Waals surface area contributed by atoms with Gasteiger partial charge in [-0.1, -0.05) is 0 Å². The zero-order valence-corrected chi connectivity index (χ0v) is 19.2. The fourth-order valence-corrected chi connectivity index (χ4v) is 4.85. The van der Waals surface area contributed by atoms with Gasteiger partial charge in [-0.3, -0.25) is 9.59 Å². The lowest BCUT2D eigenvalue weighted by Crippen LogP contribution is -2.38. The van der Waals surface area contributed by atoms with E-state index in [1.165, 1.54) is 5.56 Å². The Morgan fingerprint density at radius 3 is 2.28 bits per heavy atom. The molecule has 170 valence electrons. The molecule has 4 rings (SSSR count). The van der Waals surface area contributed by atoms with Gasteiger partial charge in [-0.2, -0.15) is 0 Å². The Morgan fingerprint density at radius 1 is 0.969 bits per heavy atom. The second kappa shape index (κ2) is 9.63. The highest BCUT2D eigenvalue weighted by molar-refractivity contribution is 5.97. The van der Waals surface area contributed by atoms with Gasteiger partial charge < -0.3 is 19.3 Å². The number of ether oxygens (including phenoxy) is 2. The molecule has 0 bridgehead atoms. The summed E-state index contributed by atoms with van der Waals surface area (Å²) in [6, 6.07) is 11.8. The average Bonchev–Trinajstić information content (AvgIpc) is 3.26. The number of piperidine rings is 1. The highest BCUT2D eigenvalue weighted by atomic mass is 16.5. The third kappa shape index (κ3) is 4.74. The molecule has 0 unspecified atom stereocenters. The van der Waals surface area contributed by atoms with Crippen LogP contribution in [0.1, 0.15) is 47.7 Å². The molecular formula is C26H32N2O4. The molecule has 2 aromatic carbocycles. The van der Waals surface area contributed by atoms with Gasteiger partial charge in [0, 0.05) is 43.9 Å². The van der Waals surface area contributed by atoms with Gasteiger partial charge >= 0.3 is 0 Å². The van der Waals surface area contributed by atoms with E-state index in [-0.39, 0.29) is 11.8 Å². The van der Waals surface area contributed by atoms with Crippen molar-refractivity contribution in [3.05, 3.63) is 53.1 Å². The number of carbonyl (C=O) groups is 2. The molecule has 0 radical (unpaired) electrons. The molecular weight excluding hydrogens is 404 g/mol. The molecule has 32 heavy (non-hydrogen) atoms. The van der Waals surface area contributed by atoms with Gasteiger partial charge in [0.1, 0.15) is 11.5 Å². The number of fused-ring (bicyclic) bond motifs is 1. The second-order valence-electron chi connectivity index (χ2n) is 8.76. The van der Waals surface area contributed by atoms with Crippen molar-refractivity contribution in [3.8, 4) is 11.5 Å². The first kappa shape index (κ1) is 22.2. The molecule has 0 N–H and O–H groups in total. The average molecular weight is 437 g/mol. The maximum Gasteiger partial charge on any atom is 0.253 e. The summed E-state index contributed by atoms with van der Waals surface area (Å²) in [5, 5.41) is 0. The Kier molecular flexibility index (Phi) is 6.68. The van der Waals surface area contributed by atoms with Crippen LogP contribution in [0.4, 0.5) is 5.69 Å². The van der Waals surface area contributed by atoms with Crippen molar-refractivity contribution >= 4 is 17.5 Å². The number of carbonyl (C=O) groups excluding carboxylic acids is 2. The minimum Gasteiger partial charge on any atom is -0.497 e. The number of aryl methyl sites for hydroxylation is 1. The minimum atomic E-state index is 0.0530. The third-order valence-corrected chi connectivity index (χ3v) is 6.76. The summed E-state index contributed by atoms with van der Waals surface area (Å²) in [6.45, 7) is 3.87. The van der Waals surface area contributed by atoms with Gasteiger partial charge in [0.15, 0.2) is 0 Å². The molecule has 2 aromatic rings. The summed E-state index contributed by atoms with van der Waals surface area (Å²) in [7, 11) is 3.34. The Hall–Kier alpha value is -3.02. The molecule has 1 saturated heterocycles. The number of rotatable bonds is 6. The normalized spacial score (nSPS) is 16.1. The van der Waals surface area contributed by atoms with Crippen molar-refractivity contribution in [2.75, 3.05) is 38.8 Å². The van der Waals surface area contributed by atoms with E-state index in [2.05, 4.69) is 12.1 Å². The second-order valence-corrected chi connectivity index (χ2v) is 8.76. The molecule has 2 aliphatic rings. The van der Waals surface area contributed by atoms with E-state index in [0.717, 1.165) is 73.5 Å². The van der Waals surface area contributed by atoms with Crippen LogP contribution in [0.2, 0.25) is 0 Å². The SMILES string of the molecule is COc1cc(CCC2CCN(C(=O)c3ccc4c(c3)CCN4C(C)=O)CC2)cc(OC)c1. The van der Waals surface area contributed by atoms with Crippen LogP contribution >= 0.6 is 0 Å². The van der Waals surface area contributed by atoms with Crippen LogP contribution in [0.25, 0.3) is 0 Å². The summed E-state index contributed by atoms with van der Waals surface area (Å²) in [5.41, 5.74) is 3.99. The predicted octanol–water partition coefficient (Wildman–Crippen LogP) is 4.10. The van der Waals surface area contributed by atoms with E-state index in [1.807, 2.05) is 29.2 Å². The fourth-order valence-electron chi connectivity index (χ4n) is 4.85. The molecule has 2 heterocycles. The van der Waals surface area contributed by atoms with Crippen molar-refractivity contribution in [1.29, 1.82) is 0 Å². The molecule has 6 heteroatoms. The van der Waals surface area contributed by atoms with Crippen molar-refractivity contribution in [1.82, 2.24) is 4.90 Å². The predicted molar refractivity (Wildman–Crippen MR) is 125 cm³/mol. The Morgan fingerprint density at radius 2 is 1.66 bits per heavy atom. The standard InChI is InChI=1S/C26H32N2O4/c1-18(29)28-13-10-21-16-22(6-7-25(21)28)26(30)27-11-8-19(9-12-27)4-5-20-14-23(31-2)17-24(15-20)32-3/h6-7,14-17,19H,4-5,8-13H2,1-3H3. The quantitative estimate of drug-likeness (QED) is 0.684. The maximum atomic E-state index is 13.1. The number of hydrogen-bond acceptors (Lipinski definition) is 4. The summed E-state index contributed by atoms with van der Waals surface area (Å²) in [6.07, 6.45) is 4.93. The van der Waals surface area contributed by atoms with Crippen LogP contribution in [-0.4, -0.2) is 50.6 Å². The molecule has 0 saturated carbocycles. The molecule has 0 atom stereocenters. The Balaban J connectivity index is 1.31. The number of likely N-dealkylation sites (tertiary alicyclic amines) is 1.